The largest absolute Gasteiger partial charge is 0.351 e. The van der Waals surface area contributed by atoms with E-state index in [1.807, 2.05) is 18.6 Å². The van der Waals surface area contributed by atoms with Gasteiger partial charge in [0.15, 0.2) is 0 Å². The van der Waals surface area contributed by atoms with Gasteiger partial charge in [0.25, 0.3) is 5.91 Å². The molecule has 0 radical (unpaired) electrons. The second kappa shape index (κ2) is 8.56. The van der Waals surface area contributed by atoms with Crippen LogP contribution in [0, 0.1) is 0 Å². The number of thiophene rings is 1. The van der Waals surface area contributed by atoms with E-state index in [9.17, 15) is 4.79 Å². The van der Waals surface area contributed by atoms with E-state index in [1.54, 1.807) is 11.3 Å². The molecule has 0 saturated carbocycles. The predicted octanol–water partition coefficient (Wildman–Crippen LogP) is 2.21. The lowest BCUT2D eigenvalue weighted by Gasteiger charge is -2.27. The summed E-state index contributed by atoms with van der Waals surface area (Å²) in [5.74, 6) is 0.0537. The zero-order valence-corrected chi connectivity index (χ0v) is 15.8. The number of nitrogens with one attached hydrogen (secondary N) is 2. The zero-order chi connectivity index (χ0) is 17.6. The molecule has 0 spiro atoms. The molecule has 0 atom stereocenters. The Kier molecular flexibility index (Phi) is 6.18. The monoisotopic (exact) mass is 358 g/mol. The quantitative estimate of drug-likeness (QED) is 0.745. The lowest BCUT2D eigenvalue weighted by Crippen LogP contribution is -2.33. The Balaban J connectivity index is 1.61. The first-order valence-corrected chi connectivity index (χ1v) is 9.77. The number of nitrogens with zero attached hydrogens (tertiary/aromatic N) is 2. The van der Waals surface area contributed by atoms with Crippen LogP contribution in [0.4, 0.5) is 0 Å². The molecule has 5 nitrogen and oxygen atoms in total. The van der Waals surface area contributed by atoms with Crippen molar-refractivity contribution in [1.82, 2.24) is 20.5 Å². The Morgan fingerprint density at radius 3 is 2.96 bits per heavy atom. The molecule has 1 aliphatic rings. The SMILES string of the molecule is CCc1ccc(CN2CCc3c(C(=O)NCCNC)csc3C2)nc1. The number of hydrogen-bond acceptors (Lipinski definition) is 5. The van der Waals surface area contributed by atoms with Crippen LogP contribution in [-0.4, -0.2) is 42.5 Å². The Morgan fingerprint density at radius 2 is 2.24 bits per heavy atom. The van der Waals surface area contributed by atoms with Crippen LogP contribution in [-0.2, 0) is 25.9 Å². The van der Waals surface area contributed by atoms with Gasteiger partial charge in [0.05, 0.1) is 11.3 Å². The van der Waals surface area contributed by atoms with Crippen molar-refractivity contribution < 1.29 is 4.79 Å². The normalized spacial score (nSPS) is 14.3. The fraction of sp³-hybridized carbons (Fsp3) is 0.474. The Bertz CT molecular complexity index is 711. The van der Waals surface area contributed by atoms with Gasteiger partial charge in [-0.2, -0.15) is 0 Å². The molecular formula is C19H26N4OS. The van der Waals surface area contributed by atoms with Gasteiger partial charge in [-0.05, 0) is 37.1 Å². The second-order valence-electron chi connectivity index (χ2n) is 6.38. The molecule has 1 amide bonds. The average Bonchev–Trinajstić information content (AvgIpc) is 3.06. The second-order valence-corrected chi connectivity index (χ2v) is 7.35. The summed E-state index contributed by atoms with van der Waals surface area (Å²) in [6, 6.07) is 4.29. The fourth-order valence-corrected chi connectivity index (χ4v) is 4.21. The number of pyridine rings is 1. The fourth-order valence-electron chi connectivity index (χ4n) is 3.09. The minimum Gasteiger partial charge on any atom is -0.351 e. The van der Waals surface area contributed by atoms with Gasteiger partial charge in [-0.15, -0.1) is 11.3 Å². The van der Waals surface area contributed by atoms with Gasteiger partial charge in [-0.1, -0.05) is 13.0 Å². The Morgan fingerprint density at radius 1 is 1.36 bits per heavy atom. The molecule has 0 fully saturated rings. The number of aromatic nitrogens is 1. The van der Waals surface area contributed by atoms with Gasteiger partial charge in [0, 0.05) is 49.2 Å². The summed E-state index contributed by atoms with van der Waals surface area (Å²) >= 11 is 1.70. The van der Waals surface area contributed by atoms with Crippen molar-refractivity contribution in [1.29, 1.82) is 0 Å². The first-order chi connectivity index (χ1) is 12.2. The lowest BCUT2D eigenvalue weighted by molar-refractivity contribution is 0.0953. The van der Waals surface area contributed by atoms with Crippen LogP contribution < -0.4 is 10.6 Å². The van der Waals surface area contributed by atoms with E-state index in [-0.39, 0.29) is 5.91 Å². The third-order valence-corrected chi connectivity index (χ3v) is 5.62. The molecular weight excluding hydrogens is 332 g/mol. The van der Waals surface area contributed by atoms with Crippen molar-refractivity contribution in [3.63, 3.8) is 0 Å². The summed E-state index contributed by atoms with van der Waals surface area (Å²) in [5, 5.41) is 8.03. The summed E-state index contributed by atoms with van der Waals surface area (Å²) in [7, 11) is 1.89. The highest BCUT2D eigenvalue weighted by Gasteiger charge is 2.23. The van der Waals surface area contributed by atoms with Gasteiger partial charge in [-0.3, -0.25) is 14.7 Å². The third kappa shape index (κ3) is 4.45. The summed E-state index contributed by atoms with van der Waals surface area (Å²) in [5.41, 5.74) is 4.48. The molecule has 2 aromatic rings. The van der Waals surface area contributed by atoms with E-state index in [4.69, 9.17) is 0 Å². The zero-order valence-electron chi connectivity index (χ0n) is 15.0. The Hall–Kier alpha value is -1.76. The molecule has 2 aromatic heterocycles. The number of rotatable bonds is 7. The summed E-state index contributed by atoms with van der Waals surface area (Å²) in [6.45, 7) is 6.33. The number of carbonyl (C=O) groups is 1. The third-order valence-electron chi connectivity index (χ3n) is 4.61. The molecule has 0 bridgehead atoms. The molecule has 0 saturated heterocycles. The van der Waals surface area contributed by atoms with Crippen LogP contribution in [0.15, 0.2) is 23.7 Å². The van der Waals surface area contributed by atoms with E-state index < -0.39 is 0 Å². The number of aryl methyl sites for hydroxylation is 1. The number of carbonyl (C=O) groups excluding carboxylic acids is 1. The van der Waals surface area contributed by atoms with E-state index in [2.05, 4.69) is 39.6 Å². The van der Waals surface area contributed by atoms with E-state index >= 15 is 0 Å². The predicted molar refractivity (Wildman–Crippen MR) is 102 cm³/mol. The molecule has 0 unspecified atom stereocenters. The number of hydrogen-bond donors (Lipinski definition) is 2. The van der Waals surface area contributed by atoms with Crippen LogP contribution in [0.25, 0.3) is 0 Å². The van der Waals surface area contributed by atoms with Crippen molar-refractivity contribution in [3.8, 4) is 0 Å². The molecule has 2 N–H and O–H groups in total. The van der Waals surface area contributed by atoms with Crippen LogP contribution in [0.1, 0.15) is 39.0 Å². The van der Waals surface area contributed by atoms with Crippen LogP contribution in [0.2, 0.25) is 0 Å². The van der Waals surface area contributed by atoms with Gasteiger partial charge >= 0.3 is 0 Å². The minimum atomic E-state index is 0.0537. The first kappa shape index (κ1) is 18.0. The maximum Gasteiger partial charge on any atom is 0.252 e. The maximum atomic E-state index is 12.3. The van der Waals surface area contributed by atoms with E-state index in [0.717, 1.165) is 50.3 Å². The van der Waals surface area contributed by atoms with Gasteiger partial charge in [0.1, 0.15) is 0 Å². The van der Waals surface area contributed by atoms with Crippen LogP contribution in [0.5, 0.6) is 0 Å². The summed E-state index contributed by atoms with van der Waals surface area (Å²) < 4.78 is 0. The molecule has 25 heavy (non-hydrogen) atoms. The molecule has 134 valence electrons. The highest BCUT2D eigenvalue weighted by Crippen LogP contribution is 2.29. The molecule has 1 aliphatic heterocycles. The van der Waals surface area contributed by atoms with E-state index in [0.29, 0.717) is 6.54 Å². The standard InChI is InChI=1S/C19H26N4OS/c1-3-14-4-5-15(22-10-14)11-23-9-6-16-17(13-25-18(16)12-23)19(24)21-8-7-20-2/h4-5,10,13,20H,3,6-9,11-12H2,1-2H3,(H,21,24). The maximum absolute atomic E-state index is 12.3. The highest BCUT2D eigenvalue weighted by molar-refractivity contribution is 7.10. The summed E-state index contributed by atoms with van der Waals surface area (Å²) in [4.78, 5) is 20.6. The Labute approximate surface area is 153 Å². The lowest BCUT2D eigenvalue weighted by atomic mass is 10.0. The topological polar surface area (TPSA) is 57.3 Å². The van der Waals surface area contributed by atoms with Gasteiger partial charge < -0.3 is 10.6 Å². The number of fused-ring (bicyclic) bond motifs is 1. The van der Waals surface area contributed by atoms with E-state index in [1.165, 1.54) is 16.0 Å². The van der Waals surface area contributed by atoms with Crippen molar-refractivity contribution in [2.75, 3.05) is 26.7 Å². The van der Waals surface area contributed by atoms with Crippen molar-refractivity contribution >= 4 is 17.2 Å². The molecule has 3 rings (SSSR count). The van der Waals surface area contributed by atoms with Crippen molar-refractivity contribution in [2.24, 2.45) is 0 Å². The van der Waals surface area contributed by atoms with Crippen LogP contribution in [0.3, 0.4) is 0 Å². The molecule has 0 aromatic carbocycles. The van der Waals surface area contributed by atoms with Crippen molar-refractivity contribution in [3.05, 3.63) is 51.0 Å². The summed E-state index contributed by atoms with van der Waals surface area (Å²) in [6.07, 6.45) is 3.93. The highest BCUT2D eigenvalue weighted by atomic mass is 32.1. The van der Waals surface area contributed by atoms with Gasteiger partial charge in [-0.25, -0.2) is 0 Å². The minimum absolute atomic E-state index is 0.0537. The van der Waals surface area contributed by atoms with Crippen molar-refractivity contribution in [2.45, 2.75) is 32.9 Å². The molecule has 6 heteroatoms. The van der Waals surface area contributed by atoms with Gasteiger partial charge in [0.2, 0.25) is 0 Å². The number of amides is 1. The van der Waals surface area contributed by atoms with Crippen LogP contribution >= 0.6 is 11.3 Å². The first-order valence-electron chi connectivity index (χ1n) is 8.89. The average molecular weight is 359 g/mol. The number of likely N-dealkylation sites (N-methyl/N-ethyl adjacent to an activating group) is 1. The molecule has 3 heterocycles. The molecule has 0 aliphatic carbocycles. The smallest absolute Gasteiger partial charge is 0.252 e.